The van der Waals surface area contributed by atoms with Crippen molar-refractivity contribution in [3.8, 4) is 0 Å². The van der Waals surface area contributed by atoms with E-state index in [0.717, 1.165) is 24.8 Å². The van der Waals surface area contributed by atoms with Gasteiger partial charge in [0, 0.05) is 19.5 Å². The van der Waals surface area contributed by atoms with E-state index in [0.29, 0.717) is 19.5 Å². The molecular weight excluding hydrogens is 234 g/mol. The second kappa shape index (κ2) is 7.03. The number of likely N-dealkylation sites (tertiary alicyclic amines) is 1. The number of amides is 1. The van der Waals surface area contributed by atoms with Gasteiger partial charge in [0.1, 0.15) is 0 Å². The van der Waals surface area contributed by atoms with Gasteiger partial charge in [0.2, 0.25) is 6.10 Å². The molecule has 1 heterocycles. The molecule has 5 heteroatoms. The lowest BCUT2D eigenvalue weighted by Crippen LogP contribution is -2.40. The number of esters is 1. The molecule has 18 heavy (non-hydrogen) atoms. The minimum Gasteiger partial charge on any atom is -0.466 e. The summed E-state index contributed by atoms with van der Waals surface area (Å²) in [6.45, 7) is 6.89. The number of rotatable bonds is 4. The first-order valence-electron chi connectivity index (χ1n) is 6.22. The lowest BCUT2D eigenvalue weighted by Gasteiger charge is -2.27. The van der Waals surface area contributed by atoms with E-state index >= 15 is 0 Å². The summed E-state index contributed by atoms with van der Waals surface area (Å²) in [7, 11) is 1.28. The Labute approximate surface area is 108 Å². The SMILES string of the molecule is C=C(C)CC(OC(=O)N1CCCCC1)C(=O)OC. The highest BCUT2D eigenvalue weighted by atomic mass is 16.6. The maximum absolute atomic E-state index is 11.9. The van der Waals surface area contributed by atoms with Gasteiger partial charge in [-0.25, -0.2) is 9.59 Å². The first kappa shape index (κ1) is 14.5. The number of carbonyl (C=O) groups is 2. The van der Waals surface area contributed by atoms with Gasteiger partial charge in [-0.05, 0) is 26.2 Å². The first-order valence-corrected chi connectivity index (χ1v) is 6.22. The van der Waals surface area contributed by atoms with Crippen LogP contribution in [0.25, 0.3) is 0 Å². The van der Waals surface area contributed by atoms with Crippen LogP contribution < -0.4 is 0 Å². The Bertz CT molecular complexity index is 321. The highest BCUT2D eigenvalue weighted by molar-refractivity contribution is 5.79. The molecule has 1 atom stereocenters. The third-order valence-corrected chi connectivity index (χ3v) is 2.86. The van der Waals surface area contributed by atoms with Crippen LogP contribution in [0.2, 0.25) is 0 Å². The van der Waals surface area contributed by atoms with Crippen LogP contribution in [0.3, 0.4) is 0 Å². The molecule has 0 aromatic rings. The van der Waals surface area contributed by atoms with Crippen LogP contribution in [-0.2, 0) is 14.3 Å². The fourth-order valence-corrected chi connectivity index (χ4v) is 1.89. The van der Waals surface area contributed by atoms with Crippen LogP contribution in [0.4, 0.5) is 4.79 Å². The van der Waals surface area contributed by atoms with Crippen molar-refractivity contribution in [2.75, 3.05) is 20.2 Å². The molecule has 5 nitrogen and oxygen atoms in total. The quantitative estimate of drug-likeness (QED) is 0.570. The normalized spacial score (nSPS) is 16.9. The van der Waals surface area contributed by atoms with Gasteiger partial charge < -0.3 is 14.4 Å². The number of hydrogen-bond acceptors (Lipinski definition) is 4. The maximum Gasteiger partial charge on any atom is 0.410 e. The molecule has 1 aliphatic heterocycles. The van der Waals surface area contributed by atoms with Crippen molar-refractivity contribution in [3.63, 3.8) is 0 Å². The predicted octanol–water partition coefficient (Wildman–Crippen LogP) is 2.12. The molecule has 0 N–H and O–H groups in total. The number of ether oxygens (including phenoxy) is 2. The van der Waals surface area contributed by atoms with E-state index in [-0.39, 0.29) is 0 Å². The Kier molecular flexibility index (Phi) is 5.68. The zero-order chi connectivity index (χ0) is 13.5. The van der Waals surface area contributed by atoms with Crippen LogP contribution in [0.5, 0.6) is 0 Å². The molecule has 0 saturated carbocycles. The standard InChI is InChI=1S/C13H21NO4/c1-10(2)9-11(12(15)17-3)18-13(16)14-7-5-4-6-8-14/h11H,1,4-9H2,2-3H3. The van der Waals surface area contributed by atoms with Gasteiger partial charge in [-0.1, -0.05) is 12.2 Å². The molecule has 1 amide bonds. The van der Waals surface area contributed by atoms with Crippen LogP contribution in [0.15, 0.2) is 12.2 Å². The summed E-state index contributed by atoms with van der Waals surface area (Å²) in [5, 5.41) is 0. The van der Waals surface area contributed by atoms with E-state index in [1.165, 1.54) is 7.11 Å². The van der Waals surface area contributed by atoms with E-state index in [1.807, 2.05) is 0 Å². The Balaban J connectivity index is 2.55. The van der Waals surface area contributed by atoms with Crippen molar-refractivity contribution in [1.29, 1.82) is 0 Å². The first-order chi connectivity index (χ1) is 8.54. The highest BCUT2D eigenvalue weighted by Gasteiger charge is 2.27. The number of hydrogen-bond donors (Lipinski definition) is 0. The summed E-state index contributed by atoms with van der Waals surface area (Å²) < 4.78 is 9.83. The van der Waals surface area contributed by atoms with Crippen LogP contribution in [-0.4, -0.2) is 43.3 Å². The van der Waals surface area contributed by atoms with Gasteiger partial charge in [-0.15, -0.1) is 0 Å². The lowest BCUT2D eigenvalue weighted by molar-refractivity contribution is -0.151. The van der Waals surface area contributed by atoms with E-state index < -0.39 is 18.2 Å². The summed E-state index contributed by atoms with van der Waals surface area (Å²) in [6, 6.07) is 0. The summed E-state index contributed by atoms with van der Waals surface area (Å²) in [5.74, 6) is -0.539. The zero-order valence-corrected chi connectivity index (χ0v) is 11.1. The maximum atomic E-state index is 11.9. The van der Waals surface area contributed by atoms with Gasteiger partial charge >= 0.3 is 12.1 Å². The van der Waals surface area contributed by atoms with Crippen molar-refractivity contribution < 1.29 is 19.1 Å². The van der Waals surface area contributed by atoms with E-state index in [2.05, 4.69) is 11.3 Å². The number of carbonyl (C=O) groups excluding carboxylic acids is 2. The van der Waals surface area contributed by atoms with Crippen LogP contribution >= 0.6 is 0 Å². The summed E-state index contributed by atoms with van der Waals surface area (Å²) in [5.41, 5.74) is 0.775. The zero-order valence-electron chi connectivity index (χ0n) is 11.1. The second-order valence-electron chi connectivity index (χ2n) is 4.60. The smallest absolute Gasteiger partial charge is 0.410 e. The third kappa shape index (κ3) is 4.39. The van der Waals surface area contributed by atoms with Crippen molar-refractivity contribution in [1.82, 2.24) is 4.90 Å². The van der Waals surface area contributed by atoms with Crippen molar-refractivity contribution in [3.05, 3.63) is 12.2 Å². The summed E-state index contributed by atoms with van der Waals surface area (Å²) in [4.78, 5) is 25.0. The fraction of sp³-hybridized carbons (Fsp3) is 0.692. The van der Waals surface area contributed by atoms with Crippen LogP contribution in [0.1, 0.15) is 32.6 Å². The fourth-order valence-electron chi connectivity index (χ4n) is 1.89. The highest BCUT2D eigenvalue weighted by Crippen LogP contribution is 2.14. The average molecular weight is 255 g/mol. The molecule has 1 unspecified atom stereocenters. The summed E-state index contributed by atoms with van der Waals surface area (Å²) >= 11 is 0. The van der Waals surface area contributed by atoms with Gasteiger partial charge in [-0.2, -0.15) is 0 Å². The Morgan fingerprint density at radius 1 is 1.28 bits per heavy atom. The molecular formula is C13H21NO4. The molecule has 0 aromatic carbocycles. The monoisotopic (exact) mass is 255 g/mol. The van der Waals surface area contributed by atoms with Gasteiger partial charge in [-0.3, -0.25) is 0 Å². The second-order valence-corrected chi connectivity index (χ2v) is 4.60. The Hall–Kier alpha value is -1.52. The van der Waals surface area contributed by atoms with Crippen molar-refractivity contribution in [2.24, 2.45) is 0 Å². The van der Waals surface area contributed by atoms with E-state index in [4.69, 9.17) is 4.74 Å². The van der Waals surface area contributed by atoms with E-state index in [1.54, 1.807) is 11.8 Å². The lowest BCUT2D eigenvalue weighted by atomic mass is 10.1. The molecule has 1 fully saturated rings. The predicted molar refractivity (Wildman–Crippen MR) is 67.1 cm³/mol. The molecule has 1 saturated heterocycles. The molecule has 0 spiro atoms. The number of methoxy groups -OCH3 is 1. The minimum absolute atomic E-state index is 0.298. The van der Waals surface area contributed by atoms with E-state index in [9.17, 15) is 9.59 Å². The van der Waals surface area contributed by atoms with Gasteiger partial charge in [0.15, 0.2) is 0 Å². The summed E-state index contributed by atoms with van der Waals surface area (Å²) in [6.07, 6.45) is 2.08. The molecule has 1 rings (SSSR count). The van der Waals surface area contributed by atoms with Crippen LogP contribution in [0, 0.1) is 0 Å². The van der Waals surface area contributed by atoms with Crippen molar-refractivity contribution >= 4 is 12.1 Å². The van der Waals surface area contributed by atoms with Crippen molar-refractivity contribution in [2.45, 2.75) is 38.7 Å². The number of piperidine rings is 1. The number of nitrogens with zero attached hydrogens (tertiary/aromatic N) is 1. The molecule has 0 aliphatic carbocycles. The average Bonchev–Trinajstić information content (AvgIpc) is 2.37. The van der Waals surface area contributed by atoms with Gasteiger partial charge in [0.05, 0.1) is 7.11 Å². The van der Waals surface area contributed by atoms with Gasteiger partial charge in [0.25, 0.3) is 0 Å². The molecule has 0 aromatic heterocycles. The Morgan fingerprint density at radius 3 is 2.39 bits per heavy atom. The molecule has 1 aliphatic rings. The molecule has 0 radical (unpaired) electrons. The Morgan fingerprint density at radius 2 is 1.89 bits per heavy atom. The molecule has 102 valence electrons. The largest absolute Gasteiger partial charge is 0.466 e. The molecule has 0 bridgehead atoms. The minimum atomic E-state index is -0.887. The topological polar surface area (TPSA) is 55.8 Å². The third-order valence-electron chi connectivity index (χ3n) is 2.86.